The molecule has 19 heavy (non-hydrogen) atoms. The molecule has 6 nitrogen and oxygen atoms in total. The van der Waals surface area contributed by atoms with Crippen LogP contribution in [0.1, 0.15) is 16.1 Å². The molecule has 0 radical (unpaired) electrons. The van der Waals surface area contributed by atoms with Crippen LogP contribution in [-0.4, -0.2) is 21.9 Å². The number of amidine groups is 1. The van der Waals surface area contributed by atoms with E-state index >= 15 is 0 Å². The first kappa shape index (κ1) is 13.0. The van der Waals surface area contributed by atoms with Gasteiger partial charge in [-0.2, -0.15) is 0 Å². The fraction of sp³-hybridized carbons (Fsp3) is 0. The molecule has 0 aliphatic heterocycles. The lowest BCUT2D eigenvalue weighted by molar-refractivity contribution is 0.102. The molecule has 2 rings (SSSR count). The second kappa shape index (κ2) is 5.44. The van der Waals surface area contributed by atoms with Gasteiger partial charge in [-0.25, -0.2) is 9.37 Å². The van der Waals surface area contributed by atoms with Crippen LogP contribution in [0.25, 0.3) is 0 Å². The molecule has 0 spiro atoms. The third-order valence-electron chi connectivity index (χ3n) is 2.28. The van der Waals surface area contributed by atoms with Crippen molar-refractivity contribution in [3.8, 4) is 0 Å². The predicted molar refractivity (Wildman–Crippen MR) is 69.0 cm³/mol. The standard InChI is InChI=1S/C11H9FN4O2S/c12-6-1-2-8(7(3-6)10(13)16-18)15-11(17)9-4-19-5-14-9/h1-5,18H,(H2,13,16)(H,15,17). The molecule has 2 aromatic rings. The number of hydrogen-bond acceptors (Lipinski definition) is 5. The average Bonchev–Trinajstić information content (AvgIpc) is 2.94. The quantitative estimate of drug-likeness (QED) is 0.344. The summed E-state index contributed by atoms with van der Waals surface area (Å²) in [5.74, 6) is -1.32. The van der Waals surface area contributed by atoms with Crippen LogP contribution in [0.4, 0.5) is 10.1 Å². The first-order chi connectivity index (χ1) is 9.11. The summed E-state index contributed by atoms with van der Waals surface area (Å²) in [6.45, 7) is 0. The van der Waals surface area contributed by atoms with Crippen LogP contribution in [0.5, 0.6) is 0 Å². The van der Waals surface area contributed by atoms with E-state index in [0.717, 1.165) is 12.1 Å². The molecule has 0 aliphatic rings. The van der Waals surface area contributed by atoms with Crippen LogP contribution in [-0.2, 0) is 0 Å². The van der Waals surface area contributed by atoms with Gasteiger partial charge in [0.1, 0.15) is 11.5 Å². The molecule has 0 unspecified atom stereocenters. The van der Waals surface area contributed by atoms with Gasteiger partial charge in [-0.05, 0) is 18.2 Å². The molecule has 8 heteroatoms. The summed E-state index contributed by atoms with van der Waals surface area (Å²) in [6.07, 6.45) is 0. The van der Waals surface area contributed by atoms with Crippen molar-refractivity contribution in [3.63, 3.8) is 0 Å². The summed E-state index contributed by atoms with van der Waals surface area (Å²) in [6, 6.07) is 3.55. The molecular weight excluding hydrogens is 271 g/mol. The molecule has 1 amide bonds. The maximum absolute atomic E-state index is 13.1. The SMILES string of the molecule is N/C(=N/O)c1cc(F)ccc1NC(=O)c1cscn1. The van der Waals surface area contributed by atoms with Gasteiger partial charge in [-0.3, -0.25) is 4.79 Å². The highest BCUT2D eigenvalue weighted by Gasteiger charge is 2.13. The minimum Gasteiger partial charge on any atom is -0.409 e. The first-order valence-electron chi connectivity index (χ1n) is 5.09. The highest BCUT2D eigenvalue weighted by atomic mass is 32.1. The fourth-order valence-corrected chi connectivity index (χ4v) is 1.93. The van der Waals surface area contributed by atoms with Crippen molar-refractivity contribution in [2.75, 3.05) is 5.32 Å². The molecule has 1 aromatic carbocycles. The van der Waals surface area contributed by atoms with E-state index in [4.69, 9.17) is 10.9 Å². The van der Waals surface area contributed by atoms with Gasteiger partial charge in [-0.1, -0.05) is 5.16 Å². The lowest BCUT2D eigenvalue weighted by Crippen LogP contribution is -2.19. The van der Waals surface area contributed by atoms with Crippen LogP contribution >= 0.6 is 11.3 Å². The van der Waals surface area contributed by atoms with Gasteiger partial charge in [0, 0.05) is 10.9 Å². The third kappa shape index (κ3) is 2.86. The lowest BCUT2D eigenvalue weighted by Gasteiger charge is -2.09. The molecule has 98 valence electrons. The van der Waals surface area contributed by atoms with Crippen molar-refractivity contribution in [1.29, 1.82) is 0 Å². The Balaban J connectivity index is 2.32. The smallest absolute Gasteiger partial charge is 0.275 e. The number of nitrogens with zero attached hydrogens (tertiary/aromatic N) is 2. The van der Waals surface area contributed by atoms with Crippen molar-refractivity contribution in [2.45, 2.75) is 0 Å². The summed E-state index contributed by atoms with van der Waals surface area (Å²) >= 11 is 1.28. The summed E-state index contributed by atoms with van der Waals surface area (Å²) in [5.41, 5.74) is 7.50. The zero-order valence-corrected chi connectivity index (χ0v) is 10.3. The zero-order chi connectivity index (χ0) is 13.8. The third-order valence-corrected chi connectivity index (χ3v) is 2.86. The van der Waals surface area contributed by atoms with E-state index in [9.17, 15) is 9.18 Å². The molecule has 0 saturated carbocycles. The Kier molecular flexibility index (Phi) is 3.71. The fourth-order valence-electron chi connectivity index (χ4n) is 1.40. The zero-order valence-electron chi connectivity index (χ0n) is 9.50. The Morgan fingerprint density at radius 2 is 2.32 bits per heavy atom. The number of nitrogens with one attached hydrogen (secondary N) is 1. The predicted octanol–water partition coefficient (Wildman–Crippen LogP) is 1.63. The van der Waals surface area contributed by atoms with Crippen LogP contribution in [0.15, 0.2) is 34.2 Å². The van der Waals surface area contributed by atoms with Crippen LogP contribution < -0.4 is 11.1 Å². The van der Waals surface area contributed by atoms with E-state index in [1.54, 1.807) is 5.38 Å². The van der Waals surface area contributed by atoms with Gasteiger partial charge in [0.15, 0.2) is 5.84 Å². The van der Waals surface area contributed by atoms with Crippen molar-refractivity contribution < 1.29 is 14.4 Å². The second-order valence-electron chi connectivity index (χ2n) is 3.50. The lowest BCUT2D eigenvalue weighted by atomic mass is 10.1. The van der Waals surface area contributed by atoms with Crippen molar-refractivity contribution in [1.82, 2.24) is 4.98 Å². The number of thiazole rings is 1. The number of oxime groups is 1. The number of benzene rings is 1. The largest absolute Gasteiger partial charge is 0.409 e. The minimum atomic E-state index is -0.562. The Labute approximate surface area is 111 Å². The summed E-state index contributed by atoms with van der Waals surface area (Å²) in [7, 11) is 0. The molecule has 0 aliphatic carbocycles. The average molecular weight is 280 g/mol. The summed E-state index contributed by atoms with van der Waals surface area (Å²) in [5, 5.41) is 15.5. The van der Waals surface area contributed by atoms with Crippen LogP contribution in [0, 0.1) is 5.82 Å². The van der Waals surface area contributed by atoms with E-state index in [0.29, 0.717) is 0 Å². The van der Waals surface area contributed by atoms with Gasteiger partial charge in [0.2, 0.25) is 0 Å². The number of anilines is 1. The monoisotopic (exact) mass is 280 g/mol. The van der Waals surface area contributed by atoms with Gasteiger partial charge in [0.25, 0.3) is 5.91 Å². The van der Waals surface area contributed by atoms with Crippen molar-refractivity contribution >= 4 is 28.8 Å². The van der Waals surface area contributed by atoms with Gasteiger partial charge in [0.05, 0.1) is 11.2 Å². The molecule has 1 heterocycles. The molecule has 0 saturated heterocycles. The van der Waals surface area contributed by atoms with Gasteiger partial charge in [-0.15, -0.1) is 11.3 Å². The highest BCUT2D eigenvalue weighted by molar-refractivity contribution is 7.07. The Bertz CT molecular complexity index is 628. The maximum atomic E-state index is 13.1. The number of aromatic nitrogens is 1. The molecule has 0 fully saturated rings. The Morgan fingerprint density at radius 3 is 2.95 bits per heavy atom. The van der Waals surface area contributed by atoms with Crippen molar-refractivity contribution in [3.05, 3.63) is 46.2 Å². The number of rotatable bonds is 3. The summed E-state index contributed by atoms with van der Waals surface area (Å²) in [4.78, 5) is 15.7. The van der Waals surface area contributed by atoms with Crippen LogP contribution in [0.2, 0.25) is 0 Å². The van der Waals surface area contributed by atoms with Gasteiger partial charge < -0.3 is 16.3 Å². The normalized spacial score (nSPS) is 11.3. The number of carbonyl (C=O) groups excluding carboxylic acids is 1. The highest BCUT2D eigenvalue weighted by Crippen LogP contribution is 2.18. The van der Waals surface area contributed by atoms with Crippen LogP contribution in [0.3, 0.4) is 0 Å². The first-order valence-corrected chi connectivity index (χ1v) is 6.03. The summed E-state index contributed by atoms with van der Waals surface area (Å²) < 4.78 is 13.1. The number of amides is 1. The van der Waals surface area contributed by atoms with E-state index in [-0.39, 0.29) is 22.8 Å². The maximum Gasteiger partial charge on any atom is 0.275 e. The number of nitrogens with two attached hydrogens (primary N) is 1. The number of carbonyl (C=O) groups is 1. The molecule has 0 atom stereocenters. The number of halogens is 1. The van der Waals surface area contributed by atoms with E-state index in [2.05, 4.69) is 15.5 Å². The molecule has 0 bridgehead atoms. The molecule has 1 aromatic heterocycles. The minimum absolute atomic E-state index is 0.0890. The molecule has 4 N–H and O–H groups in total. The topological polar surface area (TPSA) is 101 Å². The Morgan fingerprint density at radius 1 is 1.53 bits per heavy atom. The van der Waals surface area contributed by atoms with E-state index in [1.807, 2.05) is 0 Å². The Hall–Kier alpha value is -2.48. The number of hydrogen-bond donors (Lipinski definition) is 3. The van der Waals surface area contributed by atoms with Gasteiger partial charge >= 0.3 is 0 Å². The second-order valence-corrected chi connectivity index (χ2v) is 4.22. The van der Waals surface area contributed by atoms with Crippen molar-refractivity contribution in [2.24, 2.45) is 10.9 Å². The van der Waals surface area contributed by atoms with E-state index in [1.165, 1.54) is 22.9 Å². The molecular formula is C11H9FN4O2S. The van der Waals surface area contributed by atoms with E-state index < -0.39 is 11.7 Å².